The van der Waals surface area contributed by atoms with E-state index in [-0.39, 0.29) is 23.8 Å². The van der Waals surface area contributed by atoms with Gasteiger partial charge < -0.3 is 10.0 Å². The van der Waals surface area contributed by atoms with Crippen molar-refractivity contribution in [3.05, 3.63) is 0 Å². The normalized spacial score (nSPS) is 13.4. The van der Waals surface area contributed by atoms with Crippen molar-refractivity contribution in [3.8, 4) is 0 Å². The number of amides is 1. The Kier molecular flexibility index (Phi) is 7.09. The van der Waals surface area contributed by atoms with Gasteiger partial charge in [-0.25, -0.2) is 0 Å². The number of hydrogen-bond acceptors (Lipinski definition) is 2. The minimum Gasteiger partial charge on any atom is -0.481 e. The SMILES string of the molecule is CC(C)N(CCCC(=O)O)C(=O)CC(C)C(C)(C)C. The first-order valence-electron chi connectivity index (χ1n) is 7.07. The summed E-state index contributed by atoms with van der Waals surface area (Å²) in [6.45, 7) is 13.0. The number of hydrogen-bond donors (Lipinski definition) is 1. The molecule has 0 fully saturated rings. The second-order valence-corrected chi connectivity index (χ2v) is 6.65. The minimum atomic E-state index is -0.806. The fourth-order valence-electron chi connectivity index (χ4n) is 1.76. The summed E-state index contributed by atoms with van der Waals surface area (Å²) in [5.41, 5.74) is 0.110. The molecule has 0 saturated heterocycles. The van der Waals surface area contributed by atoms with Gasteiger partial charge in [-0.05, 0) is 31.6 Å². The minimum absolute atomic E-state index is 0.110. The van der Waals surface area contributed by atoms with Crippen LogP contribution in [0.3, 0.4) is 0 Å². The van der Waals surface area contributed by atoms with Crippen LogP contribution in [0.25, 0.3) is 0 Å². The molecule has 0 bridgehead atoms. The summed E-state index contributed by atoms with van der Waals surface area (Å²) in [6, 6.07) is 0.119. The van der Waals surface area contributed by atoms with E-state index in [1.807, 2.05) is 13.8 Å². The summed E-state index contributed by atoms with van der Waals surface area (Å²) in [6.07, 6.45) is 1.16. The topological polar surface area (TPSA) is 57.6 Å². The van der Waals surface area contributed by atoms with Crippen LogP contribution < -0.4 is 0 Å². The molecule has 4 nitrogen and oxygen atoms in total. The van der Waals surface area contributed by atoms with Crippen molar-refractivity contribution in [1.82, 2.24) is 4.90 Å². The third-order valence-corrected chi connectivity index (χ3v) is 3.69. The monoisotopic (exact) mass is 271 g/mol. The number of carboxylic acids is 1. The van der Waals surface area contributed by atoms with Crippen molar-refractivity contribution >= 4 is 11.9 Å². The Balaban J connectivity index is 4.46. The molecule has 0 aromatic heterocycles. The predicted octanol–water partition coefficient (Wildman–Crippen LogP) is 3.16. The first-order valence-corrected chi connectivity index (χ1v) is 7.07. The Morgan fingerprint density at radius 3 is 2.05 bits per heavy atom. The Morgan fingerprint density at radius 2 is 1.68 bits per heavy atom. The average molecular weight is 271 g/mol. The lowest BCUT2D eigenvalue weighted by molar-refractivity contribution is -0.139. The second-order valence-electron chi connectivity index (χ2n) is 6.65. The lowest BCUT2D eigenvalue weighted by Gasteiger charge is -2.32. The maximum absolute atomic E-state index is 12.3. The highest BCUT2D eigenvalue weighted by Gasteiger charge is 2.26. The third kappa shape index (κ3) is 7.19. The molecule has 0 aromatic carbocycles. The molecule has 1 unspecified atom stereocenters. The fourth-order valence-corrected chi connectivity index (χ4v) is 1.76. The van der Waals surface area contributed by atoms with E-state index in [4.69, 9.17) is 5.11 Å². The van der Waals surface area contributed by atoms with E-state index in [0.717, 1.165) is 0 Å². The van der Waals surface area contributed by atoms with Gasteiger partial charge in [-0.2, -0.15) is 0 Å². The van der Waals surface area contributed by atoms with E-state index in [2.05, 4.69) is 27.7 Å². The largest absolute Gasteiger partial charge is 0.481 e. The Labute approximate surface area is 117 Å². The summed E-state index contributed by atoms with van der Waals surface area (Å²) in [7, 11) is 0. The van der Waals surface area contributed by atoms with Crippen molar-refractivity contribution in [3.63, 3.8) is 0 Å². The smallest absolute Gasteiger partial charge is 0.303 e. The highest BCUT2D eigenvalue weighted by Crippen LogP contribution is 2.28. The van der Waals surface area contributed by atoms with Crippen molar-refractivity contribution in [2.24, 2.45) is 11.3 Å². The summed E-state index contributed by atoms with van der Waals surface area (Å²) < 4.78 is 0. The van der Waals surface area contributed by atoms with Crippen molar-refractivity contribution in [1.29, 1.82) is 0 Å². The molecule has 0 radical (unpaired) electrons. The van der Waals surface area contributed by atoms with Crippen molar-refractivity contribution in [2.45, 2.75) is 66.8 Å². The van der Waals surface area contributed by atoms with Crippen LogP contribution in [0.2, 0.25) is 0 Å². The quantitative estimate of drug-likeness (QED) is 0.773. The van der Waals surface area contributed by atoms with E-state index in [0.29, 0.717) is 25.3 Å². The second kappa shape index (κ2) is 7.51. The molecule has 0 heterocycles. The molecule has 0 aliphatic rings. The molecule has 0 aliphatic heterocycles. The van der Waals surface area contributed by atoms with Gasteiger partial charge in [0.15, 0.2) is 0 Å². The van der Waals surface area contributed by atoms with E-state index >= 15 is 0 Å². The molecule has 0 aromatic rings. The first-order chi connectivity index (χ1) is 8.55. The number of rotatable bonds is 7. The van der Waals surface area contributed by atoms with Crippen molar-refractivity contribution < 1.29 is 14.7 Å². The molecule has 4 heteroatoms. The summed E-state index contributed by atoms with van der Waals surface area (Å²) in [4.78, 5) is 24.6. The molecular formula is C15H29NO3. The number of aliphatic carboxylic acids is 1. The fraction of sp³-hybridized carbons (Fsp3) is 0.867. The van der Waals surface area contributed by atoms with E-state index in [1.165, 1.54) is 0 Å². The van der Waals surface area contributed by atoms with Gasteiger partial charge in [0.2, 0.25) is 5.91 Å². The van der Waals surface area contributed by atoms with Crippen LogP contribution in [0.15, 0.2) is 0 Å². The van der Waals surface area contributed by atoms with Gasteiger partial charge in [0.05, 0.1) is 0 Å². The van der Waals surface area contributed by atoms with Crippen LogP contribution in [0.1, 0.15) is 60.8 Å². The van der Waals surface area contributed by atoms with Crippen LogP contribution in [0.4, 0.5) is 0 Å². The van der Waals surface area contributed by atoms with Crippen LogP contribution in [0.5, 0.6) is 0 Å². The van der Waals surface area contributed by atoms with Crippen LogP contribution in [0, 0.1) is 11.3 Å². The summed E-state index contributed by atoms with van der Waals surface area (Å²) >= 11 is 0. The van der Waals surface area contributed by atoms with Gasteiger partial charge in [0.1, 0.15) is 0 Å². The maximum Gasteiger partial charge on any atom is 0.303 e. The number of carboxylic acid groups (broad SMARTS) is 1. The zero-order valence-electron chi connectivity index (χ0n) is 13.2. The van der Waals surface area contributed by atoms with Gasteiger partial charge in [-0.1, -0.05) is 27.7 Å². The van der Waals surface area contributed by atoms with E-state index < -0.39 is 5.97 Å². The molecular weight excluding hydrogens is 242 g/mol. The first kappa shape index (κ1) is 17.9. The number of nitrogens with zero attached hydrogens (tertiary/aromatic N) is 1. The van der Waals surface area contributed by atoms with Gasteiger partial charge in [0.25, 0.3) is 0 Å². The molecule has 0 saturated carbocycles. The third-order valence-electron chi connectivity index (χ3n) is 3.69. The predicted molar refractivity (Wildman–Crippen MR) is 77.0 cm³/mol. The molecule has 0 spiro atoms. The molecule has 0 rings (SSSR count). The summed E-state index contributed by atoms with van der Waals surface area (Å²) in [5.74, 6) is -0.372. The number of carbonyl (C=O) groups excluding carboxylic acids is 1. The molecule has 1 amide bonds. The lowest BCUT2D eigenvalue weighted by atomic mass is 9.80. The van der Waals surface area contributed by atoms with Gasteiger partial charge >= 0.3 is 5.97 Å². The van der Waals surface area contributed by atoms with Gasteiger partial charge in [0, 0.05) is 25.4 Å². The Morgan fingerprint density at radius 1 is 1.16 bits per heavy atom. The van der Waals surface area contributed by atoms with E-state index in [9.17, 15) is 9.59 Å². The van der Waals surface area contributed by atoms with Crippen LogP contribution >= 0.6 is 0 Å². The van der Waals surface area contributed by atoms with Gasteiger partial charge in [-0.15, -0.1) is 0 Å². The highest BCUT2D eigenvalue weighted by molar-refractivity contribution is 5.76. The van der Waals surface area contributed by atoms with Crippen LogP contribution in [-0.4, -0.2) is 34.5 Å². The number of carbonyl (C=O) groups is 2. The van der Waals surface area contributed by atoms with Gasteiger partial charge in [-0.3, -0.25) is 9.59 Å². The zero-order chi connectivity index (χ0) is 15.2. The average Bonchev–Trinajstić information content (AvgIpc) is 2.21. The standard InChI is InChI=1S/C15H29NO3/c1-11(2)16(9-7-8-14(18)19)13(17)10-12(3)15(4,5)6/h11-12H,7-10H2,1-6H3,(H,18,19). The highest BCUT2D eigenvalue weighted by atomic mass is 16.4. The van der Waals surface area contributed by atoms with Crippen LogP contribution in [-0.2, 0) is 9.59 Å². The molecule has 0 aliphatic carbocycles. The molecule has 112 valence electrons. The van der Waals surface area contributed by atoms with E-state index in [1.54, 1.807) is 4.90 Å². The zero-order valence-corrected chi connectivity index (χ0v) is 13.2. The Bertz CT molecular complexity index is 305. The van der Waals surface area contributed by atoms with Crippen molar-refractivity contribution in [2.75, 3.05) is 6.54 Å². The molecule has 19 heavy (non-hydrogen) atoms. The Hall–Kier alpha value is -1.06. The molecule has 1 N–H and O–H groups in total. The molecule has 1 atom stereocenters. The summed E-state index contributed by atoms with van der Waals surface area (Å²) in [5, 5.41) is 8.65. The maximum atomic E-state index is 12.3. The lowest BCUT2D eigenvalue weighted by Crippen LogP contribution is -2.39.